The predicted molar refractivity (Wildman–Crippen MR) is 131 cm³/mol. The smallest absolute Gasteiger partial charge is 0.266 e. The summed E-state index contributed by atoms with van der Waals surface area (Å²) >= 11 is 6.71. The van der Waals surface area contributed by atoms with Gasteiger partial charge in [0.1, 0.15) is 11.6 Å². The van der Waals surface area contributed by atoms with Crippen LogP contribution in [0, 0.1) is 6.92 Å². The van der Waals surface area contributed by atoms with Crippen LogP contribution in [-0.4, -0.2) is 9.55 Å². The summed E-state index contributed by atoms with van der Waals surface area (Å²) in [6.07, 6.45) is 0. The van der Waals surface area contributed by atoms with Crippen molar-refractivity contribution in [3.8, 4) is 17.3 Å². The monoisotopic (exact) mass is 450 g/mol. The van der Waals surface area contributed by atoms with Crippen molar-refractivity contribution in [3.05, 3.63) is 129 Å². The molecule has 1 aliphatic heterocycles. The van der Waals surface area contributed by atoms with Crippen molar-refractivity contribution in [2.45, 2.75) is 12.8 Å². The fraction of sp³-hybridized carbons (Fsp3) is 0.0714. The Morgan fingerprint density at radius 1 is 0.848 bits per heavy atom. The summed E-state index contributed by atoms with van der Waals surface area (Å²) < 4.78 is 7.90. The average Bonchev–Trinajstić information content (AvgIpc) is 2.84. The third-order valence-corrected chi connectivity index (χ3v) is 6.54. The Hall–Kier alpha value is -3.89. The van der Waals surface area contributed by atoms with E-state index in [1.807, 2.05) is 85.8 Å². The van der Waals surface area contributed by atoms with Crippen molar-refractivity contribution in [2.75, 3.05) is 0 Å². The minimum absolute atomic E-state index is 0.160. The van der Waals surface area contributed by atoms with Crippen molar-refractivity contribution >= 4 is 22.4 Å². The summed E-state index contributed by atoms with van der Waals surface area (Å²) in [7, 11) is 0. The van der Waals surface area contributed by atoms with Crippen molar-refractivity contribution in [1.29, 1.82) is 0 Å². The molecule has 0 radical (unpaired) electrons. The summed E-state index contributed by atoms with van der Waals surface area (Å²) in [5.41, 5.74) is 2.87. The number of halogens is 1. The predicted octanol–water partition coefficient (Wildman–Crippen LogP) is 6.63. The van der Waals surface area contributed by atoms with Crippen LogP contribution in [-0.2, 0) is 0 Å². The average molecular weight is 451 g/mol. The summed E-state index contributed by atoms with van der Waals surface area (Å²) in [6, 6.07) is 29.3. The SMILES string of the molecule is Cc1nc2c(c(=O)n1-c1ccccc1)C(c1ccccc1Cl)c1c(ccc3ccccc13)O2. The van der Waals surface area contributed by atoms with Crippen LogP contribution in [0.25, 0.3) is 16.5 Å². The molecule has 2 heterocycles. The second kappa shape index (κ2) is 7.61. The third-order valence-electron chi connectivity index (χ3n) is 6.20. The highest BCUT2D eigenvalue weighted by atomic mass is 35.5. The first-order chi connectivity index (χ1) is 16.1. The lowest BCUT2D eigenvalue weighted by Gasteiger charge is -2.30. The van der Waals surface area contributed by atoms with Gasteiger partial charge in [0.15, 0.2) is 0 Å². The van der Waals surface area contributed by atoms with E-state index < -0.39 is 5.92 Å². The van der Waals surface area contributed by atoms with Crippen LogP contribution in [0.2, 0.25) is 5.02 Å². The van der Waals surface area contributed by atoms with Crippen LogP contribution in [0.3, 0.4) is 0 Å². The second-order valence-electron chi connectivity index (χ2n) is 8.11. The Morgan fingerprint density at radius 2 is 1.58 bits per heavy atom. The summed E-state index contributed by atoms with van der Waals surface area (Å²) in [5.74, 6) is 1.17. The van der Waals surface area contributed by atoms with Gasteiger partial charge >= 0.3 is 0 Å². The molecule has 0 bridgehead atoms. The van der Waals surface area contributed by atoms with Crippen molar-refractivity contribution in [2.24, 2.45) is 0 Å². The van der Waals surface area contributed by atoms with Gasteiger partial charge in [-0.15, -0.1) is 0 Å². The standard InChI is InChI=1S/C28H19ClN2O2/c1-17-30-27-26(28(32)31(17)19-10-3-2-4-11-19)25(21-13-7-8-14-22(21)29)24-20-12-6-5-9-18(20)15-16-23(24)33-27/h2-16,25H,1H3. The molecule has 5 aromatic rings. The van der Waals surface area contributed by atoms with E-state index in [-0.39, 0.29) is 5.56 Å². The molecule has 33 heavy (non-hydrogen) atoms. The number of para-hydroxylation sites is 1. The van der Waals surface area contributed by atoms with Gasteiger partial charge in [-0.25, -0.2) is 0 Å². The fourth-order valence-corrected chi connectivity index (χ4v) is 5.00. The Bertz CT molecular complexity index is 1590. The molecule has 0 saturated heterocycles. The zero-order valence-corrected chi connectivity index (χ0v) is 18.6. The molecule has 5 heteroatoms. The van der Waals surface area contributed by atoms with Crippen LogP contribution >= 0.6 is 11.6 Å². The number of hydrogen-bond donors (Lipinski definition) is 0. The molecule has 6 rings (SSSR count). The van der Waals surface area contributed by atoms with E-state index in [0.29, 0.717) is 28.0 Å². The fourth-order valence-electron chi connectivity index (χ4n) is 4.75. The molecule has 4 aromatic carbocycles. The number of fused-ring (bicyclic) bond motifs is 4. The highest BCUT2D eigenvalue weighted by Gasteiger charge is 2.36. The van der Waals surface area contributed by atoms with Gasteiger partial charge in [0, 0.05) is 10.6 Å². The third kappa shape index (κ3) is 3.06. The van der Waals surface area contributed by atoms with E-state index in [9.17, 15) is 4.79 Å². The van der Waals surface area contributed by atoms with Crippen molar-refractivity contribution in [1.82, 2.24) is 9.55 Å². The van der Waals surface area contributed by atoms with Crippen LogP contribution in [0.4, 0.5) is 0 Å². The van der Waals surface area contributed by atoms with Gasteiger partial charge in [0.25, 0.3) is 5.56 Å². The molecule has 0 fully saturated rings. The van der Waals surface area contributed by atoms with Gasteiger partial charge in [0.05, 0.1) is 17.2 Å². The first-order valence-electron chi connectivity index (χ1n) is 10.8. The van der Waals surface area contributed by atoms with Gasteiger partial charge in [-0.1, -0.05) is 78.3 Å². The Morgan fingerprint density at radius 3 is 2.39 bits per heavy atom. The highest BCUT2D eigenvalue weighted by molar-refractivity contribution is 6.31. The van der Waals surface area contributed by atoms with Crippen molar-refractivity contribution in [3.63, 3.8) is 0 Å². The van der Waals surface area contributed by atoms with Gasteiger partial charge in [-0.2, -0.15) is 4.98 Å². The van der Waals surface area contributed by atoms with Crippen LogP contribution < -0.4 is 10.3 Å². The lowest BCUT2D eigenvalue weighted by Crippen LogP contribution is -2.31. The van der Waals surface area contributed by atoms with E-state index in [4.69, 9.17) is 21.3 Å². The van der Waals surface area contributed by atoms with Crippen LogP contribution in [0.15, 0.2) is 95.8 Å². The Balaban J connectivity index is 1.73. The maximum absolute atomic E-state index is 14.1. The molecule has 160 valence electrons. The Kier molecular flexibility index (Phi) is 4.56. The molecule has 0 N–H and O–H groups in total. The van der Waals surface area contributed by atoms with E-state index >= 15 is 0 Å². The second-order valence-corrected chi connectivity index (χ2v) is 8.52. The highest BCUT2D eigenvalue weighted by Crippen LogP contribution is 2.49. The molecule has 1 aliphatic rings. The summed E-state index contributed by atoms with van der Waals surface area (Å²) in [5, 5.41) is 2.70. The zero-order chi connectivity index (χ0) is 22.5. The van der Waals surface area contributed by atoms with Crippen LogP contribution in [0.1, 0.15) is 28.4 Å². The molecule has 1 aromatic heterocycles. The summed E-state index contributed by atoms with van der Waals surface area (Å²) in [4.78, 5) is 18.8. The molecule has 0 saturated carbocycles. The van der Waals surface area contributed by atoms with E-state index in [1.165, 1.54) is 0 Å². The molecule has 1 atom stereocenters. The number of hydrogen-bond acceptors (Lipinski definition) is 3. The lowest BCUT2D eigenvalue weighted by atomic mass is 9.81. The molecule has 4 nitrogen and oxygen atoms in total. The lowest BCUT2D eigenvalue weighted by molar-refractivity contribution is 0.427. The van der Waals surface area contributed by atoms with Crippen molar-refractivity contribution < 1.29 is 4.74 Å². The molecular formula is C28H19ClN2O2. The first-order valence-corrected chi connectivity index (χ1v) is 11.1. The number of rotatable bonds is 2. The zero-order valence-electron chi connectivity index (χ0n) is 17.8. The van der Waals surface area contributed by atoms with E-state index in [0.717, 1.165) is 27.6 Å². The molecule has 0 aliphatic carbocycles. The number of aryl methyl sites for hydroxylation is 1. The van der Waals surface area contributed by atoms with E-state index in [2.05, 4.69) is 12.1 Å². The molecular weight excluding hydrogens is 432 g/mol. The normalized spacial score (nSPS) is 14.4. The minimum Gasteiger partial charge on any atom is -0.438 e. The van der Waals surface area contributed by atoms with Gasteiger partial charge in [-0.05, 0) is 47.5 Å². The van der Waals surface area contributed by atoms with Gasteiger partial charge in [-0.3, -0.25) is 9.36 Å². The quantitative estimate of drug-likeness (QED) is 0.297. The number of aromatic nitrogens is 2. The molecule has 0 amide bonds. The Labute approximate surface area is 195 Å². The maximum atomic E-state index is 14.1. The maximum Gasteiger partial charge on any atom is 0.266 e. The van der Waals surface area contributed by atoms with Gasteiger partial charge in [0.2, 0.25) is 5.88 Å². The van der Waals surface area contributed by atoms with Crippen LogP contribution in [0.5, 0.6) is 11.6 Å². The minimum atomic E-state index is -0.417. The largest absolute Gasteiger partial charge is 0.438 e. The number of nitrogens with zero attached hydrogens (tertiary/aromatic N) is 2. The summed E-state index contributed by atoms with van der Waals surface area (Å²) in [6.45, 7) is 1.82. The molecule has 0 spiro atoms. The topological polar surface area (TPSA) is 44.1 Å². The van der Waals surface area contributed by atoms with Gasteiger partial charge < -0.3 is 4.74 Å². The number of benzene rings is 4. The molecule has 1 unspecified atom stereocenters. The van der Waals surface area contributed by atoms with E-state index in [1.54, 1.807) is 4.57 Å². The first kappa shape index (κ1) is 19.8. The number of ether oxygens (including phenoxy) is 1.